The van der Waals surface area contributed by atoms with Gasteiger partial charge in [0.2, 0.25) is 0 Å². The molecule has 0 saturated carbocycles. The molecule has 1 rings (SSSR count). The van der Waals surface area contributed by atoms with Crippen molar-refractivity contribution in [3.8, 4) is 5.75 Å². The summed E-state index contributed by atoms with van der Waals surface area (Å²) < 4.78 is 9.34. The van der Waals surface area contributed by atoms with Crippen LogP contribution in [0.25, 0.3) is 5.53 Å². The van der Waals surface area contributed by atoms with E-state index in [9.17, 15) is 9.59 Å². The van der Waals surface area contributed by atoms with Crippen LogP contribution in [0.4, 0.5) is 5.69 Å². The van der Waals surface area contributed by atoms with Gasteiger partial charge in [-0.2, -0.15) is 4.79 Å². The molecule has 1 aromatic rings. The summed E-state index contributed by atoms with van der Waals surface area (Å²) in [5.41, 5.74) is 8.51. The highest BCUT2D eigenvalue weighted by Crippen LogP contribution is 2.18. The first-order valence-electron chi connectivity index (χ1n) is 5.27. The second-order valence-corrected chi connectivity index (χ2v) is 3.50. The molecular formula is C12H13N3O4. The van der Waals surface area contributed by atoms with Crippen LogP contribution in [0.3, 0.4) is 0 Å². The lowest BCUT2D eigenvalue weighted by Crippen LogP contribution is -2.38. The van der Waals surface area contributed by atoms with Crippen LogP contribution < -0.4 is 9.64 Å². The van der Waals surface area contributed by atoms with E-state index < -0.39 is 17.6 Å². The predicted octanol–water partition coefficient (Wildman–Crippen LogP) is 0.502. The van der Waals surface area contributed by atoms with Crippen LogP contribution in [0.5, 0.6) is 5.75 Å². The number of methoxy groups -OCH3 is 2. The van der Waals surface area contributed by atoms with E-state index in [-0.39, 0.29) is 0 Å². The number of nitrogens with zero attached hydrogens (tertiary/aromatic N) is 3. The van der Waals surface area contributed by atoms with Gasteiger partial charge >= 0.3 is 17.6 Å². The fraction of sp³-hybridized carbons (Fsp3) is 0.250. The minimum absolute atomic E-state index is 0.510. The Hall–Kier alpha value is -2.66. The van der Waals surface area contributed by atoms with Gasteiger partial charge in [-0.1, -0.05) is 0 Å². The van der Waals surface area contributed by atoms with Crippen LogP contribution in [0.15, 0.2) is 24.3 Å². The predicted molar refractivity (Wildman–Crippen MR) is 67.0 cm³/mol. The van der Waals surface area contributed by atoms with Crippen LogP contribution in [-0.2, 0) is 14.3 Å². The molecule has 0 N–H and O–H groups in total. The van der Waals surface area contributed by atoms with E-state index >= 15 is 0 Å². The number of esters is 1. The smallest absolute Gasteiger partial charge is 0.463 e. The number of rotatable bonds is 4. The van der Waals surface area contributed by atoms with Crippen molar-refractivity contribution in [2.45, 2.75) is 0 Å². The molecule has 19 heavy (non-hydrogen) atoms. The fourth-order valence-electron chi connectivity index (χ4n) is 1.35. The molecule has 0 aromatic heterocycles. The maximum absolute atomic E-state index is 11.9. The van der Waals surface area contributed by atoms with Crippen molar-refractivity contribution in [1.82, 2.24) is 0 Å². The number of carbonyl (C=O) groups excluding carboxylic acids is 2. The summed E-state index contributed by atoms with van der Waals surface area (Å²) >= 11 is 0. The van der Waals surface area contributed by atoms with Crippen LogP contribution >= 0.6 is 0 Å². The Morgan fingerprint density at radius 3 is 2.21 bits per heavy atom. The van der Waals surface area contributed by atoms with Crippen molar-refractivity contribution in [2.75, 3.05) is 26.2 Å². The van der Waals surface area contributed by atoms with Crippen molar-refractivity contribution in [1.29, 1.82) is 0 Å². The molecule has 0 atom stereocenters. The molecule has 7 nitrogen and oxygen atoms in total. The third-order valence-electron chi connectivity index (χ3n) is 2.45. The molecule has 0 aliphatic carbocycles. The zero-order valence-corrected chi connectivity index (χ0v) is 10.8. The maximum Gasteiger partial charge on any atom is 0.463 e. The number of carbonyl (C=O) groups is 2. The molecular weight excluding hydrogens is 250 g/mol. The maximum atomic E-state index is 11.9. The van der Waals surface area contributed by atoms with Gasteiger partial charge in [-0.3, -0.25) is 4.79 Å². The molecule has 7 heteroatoms. The number of amides is 1. The van der Waals surface area contributed by atoms with Gasteiger partial charge < -0.3 is 19.9 Å². The Morgan fingerprint density at radius 1 is 1.21 bits per heavy atom. The zero-order valence-electron chi connectivity index (χ0n) is 10.8. The molecule has 1 amide bonds. The monoisotopic (exact) mass is 263 g/mol. The number of ether oxygens (including phenoxy) is 2. The molecule has 0 bridgehead atoms. The lowest BCUT2D eigenvalue weighted by Gasteiger charge is -2.14. The zero-order chi connectivity index (χ0) is 14.4. The minimum Gasteiger partial charge on any atom is -0.497 e. The Morgan fingerprint density at radius 2 is 1.79 bits per heavy atom. The second-order valence-electron chi connectivity index (χ2n) is 3.50. The molecule has 100 valence electrons. The van der Waals surface area contributed by atoms with Gasteiger partial charge in [-0.25, -0.2) is 4.79 Å². The lowest BCUT2D eigenvalue weighted by atomic mass is 10.2. The Bertz CT molecular complexity index is 532. The van der Waals surface area contributed by atoms with Crippen molar-refractivity contribution < 1.29 is 23.9 Å². The van der Waals surface area contributed by atoms with Gasteiger partial charge in [0.05, 0.1) is 14.2 Å². The molecule has 0 aliphatic rings. The second kappa shape index (κ2) is 6.32. The summed E-state index contributed by atoms with van der Waals surface area (Å²) in [5, 5.41) is 0. The van der Waals surface area contributed by atoms with Crippen molar-refractivity contribution in [3.63, 3.8) is 0 Å². The van der Waals surface area contributed by atoms with Gasteiger partial charge in [0.25, 0.3) is 0 Å². The van der Waals surface area contributed by atoms with Crippen molar-refractivity contribution in [2.24, 2.45) is 0 Å². The van der Waals surface area contributed by atoms with Crippen LogP contribution in [-0.4, -0.2) is 43.6 Å². The first kappa shape index (κ1) is 14.4. The highest BCUT2D eigenvalue weighted by atomic mass is 16.5. The fourth-order valence-corrected chi connectivity index (χ4v) is 1.35. The van der Waals surface area contributed by atoms with Gasteiger partial charge in [-0.05, 0) is 24.3 Å². The van der Waals surface area contributed by atoms with Gasteiger partial charge in [0, 0.05) is 12.7 Å². The lowest BCUT2D eigenvalue weighted by molar-refractivity contribution is -0.139. The van der Waals surface area contributed by atoms with Gasteiger partial charge in [0.15, 0.2) is 0 Å². The van der Waals surface area contributed by atoms with Crippen molar-refractivity contribution >= 4 is 23.3 Å². The van der Waals surface area contributed by atoms with Crippen LogP contribution in [0.1, 0.15) is 0 Å². The van der Waals surface area contributed by atoms with E-state index in [0.29, 0.717) is 11.4 Å². The SMILES string of the molecule is COC(=O)C(=[N+]=[N-])C(=O)N(C)c1ccc(OC)cc1. The molecule has 0 heterocycles. The summed E-state index contributed by atoms with van der Waals surface area (Å²) in [6.07, 6.45) is 0. The highest BCUT2D eigenvalue weighted by molar-refractivity contribution is 6.64. The van der Waals surface area contributed by atoms with Crippen molar-refractivity contribution in [3.05, 3.63) is 29.8 Å². The first-order chi connectivity index (χ1) is 9.04. The Balaban J connectivity index is 2.98. The Kier molecular flexibility index (Phi) is 4.79. The molecule has 0 saturated heterocycles. The van der Waals surface area contributed by atoms with E-state index in [1.807, 2.05) is 0 Å². The van der Waals surface area contributed by atoms with Crippen LogP contribution in [0, 0.1) is 0 Å². The highest BCUT2D eigenvalue weighted by Gasteiger charge is 2.34. The normalized spacial score (nSPS) is 9.21. The average Bonchev–Trinajstić information content (AvgIpc) is 2.46. The number of hydrogen-bond donors (Lipinski definition) is 0. The third-order valence-corrected chi connectivity index (χ3v) is 2.45. The van der Waals surface area contributed by atoms with E-state index in [4.69, 9.17) is 10.3 Å². The molecule has 1 aromatic carbocycles. The molecule has 0 aliphatic heterocycles. The van der Waals surface area contributed by atoms with Gasteiger partial charge in [0.1, 0.15) is 5.75 Å². The average molecular weight is 263 g/mol. The number of hydrogen-bond acceptors (Lipinski definition) is 4. The summed E-state index contributed by atoms with van der Waals surface area (Å²) in [7, 11) is 4.06. The van der Waals surface area contributed by atoms with Gasteiger partial charge in [-0.15, -0.1) is 0 Å². The summed E-state index contributed by atoms with van der Waals surface area (Å²) in [4.78, 5) is 27.0. The summed E-state index contributed by atoms with van der Waals surface area (Å²) in [6.45, 7) is 0. The molecule has 0 radical (unpaired) electrons. The van der Waals surface area contributed by atoms with Crippen LogP contribution in [0.2, 0.25) is 0 Å². The minimum atomic E-state index is -1.01. The largest absolute Gasteiger partial charge is 0.497 e. The summed E-state index contributed by atoms with van der Waals surface area (Å²) in [6, 6.07) is 6.58. The number of anilines is 1. The molecule has 0 unspecified atom stereocenters. The number of benzene rings is 1. The third kappa shape index (κ3) is 3.17. The first-order valence-corrected chi connectivity index (χ1v) is 5.27. The molecule has 0 fully saturated rings. The topological polar surface area (TPSA) is 92.2 Å². The van der Waals surface area contributed by atoms with E-state index in [1.54, 1.807) is 24.3 Å². The Labute approximate surface area is 110 Å². The standard InChI is InChI=1S/C12H13N3O4/c1-15(8-4-6-9(18-2)7-5-8)11(16)10(14-13)12(17)19-3/h4-7H,1-3H3. The van der Waals surface area contributed by atoms with E-state index in [0.717, 1.165) is 12.0 Å². The van der Waals surface area contributed by atoms with E-state index in [1.165, 1.54) is 14.2 Å². The molecule has 0 spiro atoms. The van der Waals surface area contributed by atoms with E-state index in [2.05, 4.69) is 9.53 Å². The quantitative estimate of drug-likeness (QED) is 0.260. The summed E-state index contributed by atoms with van der Waals surface area (Å²) in [5.74, 6) is -1.15.